The van der Waals surface area contributed by atoms with Gasteiger partial charge in [-0.3, -0.25) is 9.69 Å². The quantitative estimate of drug-likeness (QED) is 0.863. The number of hydrogen-bond acceptors (Lipinski definition) is 5. The van der Waals surface area contributed by atoms with Gasteiger partial charge < -0.3 is 15.4 Å². The van der Waals surface area contributed by atoms with Gasteiger partial charge in [0.15, 0.2) is 0 Å². The number of ether oxygens (including phenoxy) is 1. The van der Waals surface area contributed by atoms with E-state index in [9.17, 15) is 4.79 Å². The van der Waals surface area contributed by atoms with E-state index in [-0.39, 0.29) is 12.5 Å². The second-order valence-electron chi connectivity index (χ2n) is 6.34. The maximum absolute atomic E-state index is 11.0. The molecule has 2 N–H and O–H groups in total. The van der Waals surface area contributed by atoms with Crippen molar-refractivity contribution in [1.29, 1.82) is 0 Å². The Bertz CT molecular complexity index is 712. The molecule has 1 fully saturated rings. The van der Waals surface area contributed by atoms with Crippen LogP contribution in [0.1, 0.15) is 5.56 Å². The van der Waals surface area contributed by atoms with E-state index in [4.69, 9.17) is 10.5 Å². The molecule has 0 atom stereocenters. The van der Waals surface area contributed by atoms with Gasteiger partial charge in [-0.05, 0) is 36.4 Å². The van der Waals surface area contributed by atoms with E-state index in [2.05, 4.69) is 40.2 Å². The van der Waals surface area contributed by atoms with Gasteiger partial charge >= 0.3 is 0 Å². The van der Waals surface area contributed by atoms with Crippen LogP contribution in [0.3, 0.4) is 0 Å². The third-order valence-electron chi connectivity index (χ3n) is 4.22. The van der Waals surface area contributed by atoms with Crippen molar-refractivity contribution in [2.45, 2.75) is 6.54 Å². The Morgan fingerprint density at radius 3 is 2.72 bits per heavy atom. The van der Waals surface area contributed by atoms with Crippen LogP contribution in [-0.4, -0.2) is 55.7 Å². The molecule has 0 saturated carbocycles. The summed E-state index contributed by atoms with van der Waals surface area (Å²) in [6.45, 7) is 4.20. The fraction of sp³-hybridized carbons (Fsp3) is 0.368. The molecule has 132 valence electrons. The summed E-state index contributed by atoms with van der Waals surface area (Å²) in [6.07, 6.45) is 1.91. The standard InChI is InChI=1S/C19H24N4O2/c1-22(14-18(20)24)13-15-3-2-4-16(11-15)17-5-6-19(21-12-17)23-7-9-25-10-8-23/h2-6,11-12H,7-10,13-14H2,1H3,(H2,20,24). The van der Waals surface area contributed by atoms with Crippen LogP contribution in [0.2, 0.25) is 0 Å². The minimum absolute atomic E-state index is 0.250. The smallest absolute Gasteiger partial charge is 0.231 e. The summed E-state index contributed by atoms with van der Waals surface area (Å²) in [5.41, 5.74) is 8.58. The summed E-state index contributed by atoms with van der Waals surface area (Å²) in [6, 6.07) is 12.4. The Hall–Kier alpha value is -2.44. The molecule has 3 rings (SSSR count). The van der Waals surface area contributed by atoms with Crippen molar-refractivity contribution in [2.75, 3.05) is 44.8 Å². The van der Waals surface area contributed by atoms with Crippen molar-refractivity contribution in [1.82, 2.24) is 9.88 Å². The minimum Gasteiger partial charge on any atom is -0.378 e. The van der Waals surface area contributed by atoms with Crippen LogP contribution in [0.25, 0.3) is 11.1 Å². The van der Waals surface area contributed by atoms with Gasteiger partial charge in [0.1, 0.15) is 5.82 Å². The summed E-state index contributed by atoms with van der Waals surface area (Å²) in [5.74, 6) is 0.672. The summed E-state index contributed by atoms with van der Waals surface area (Å²) < 4.78 is 5.38. The zero-order chi connectivity index (χ0) is 17.6. The van der Waals surface area contributed by atoms with Crippen LogP contribution < -0.4 is 10.6 Å². The number of likely N-dealkylation sites (N-methyl/N-ethyl adjacent to an activating group) is 1. The van der Waals surface area contributed by atoms with Crippen LogP contribution >= 0.6 is 0 Å². The van der Waals surface area contributed by atoms with Crippen LogP contribution in [0.5, 0.6) is 0 Å². The van der Waals surface area contributed by atoms with E-state index >= 15 is 0 Å². The molecule has 6 nitrogen and oxygen atoms in total. The third-order valence-corrected chi connectivity index (χ3v) is 4.22. The average Bonchev–Trinajstić information content (AvgIpc) is 2.62. The third kappa shape index (κ3) is 4.78. The van der Waals surface area contributed by atoms with E-state index in [0.29, 0.717) is 6.54 Å². The van der Waals surface area contributed by atoms with E-state index < -0.39 is 0 Å². The lowest BCUT2D eigenvalue weighted by Gasteiger charge is -2.27. The van der Waals surface area contributed by atoms with Crippen LogP contribution in [-0.2, 0) is 16.1 Å². The molecular formula is C19H24N4O2. The maximum Gasteiger partial charge on any atom is 0.231 e. The van der Waals surface area contributed by atoms with Crippen molar-refractivity contribution in [3.8, 4) is 11.1 Å². The second kappa shape index (κ2) is 8.09. The van der Waals surface area contributed by atoms with Crippen molar-refractivity contribution in [3.63, 3.8) is 0 Å². The number of primary amides is 1. The Morgan fingerprint density at radius 2 is 2.04 bits per heavy atom. The first-order valence-corrected chi connectivity index (χ1v) is 8.47. The van der Waals surface area contributed by atoms with Gasteiger partial charge in [0.2, 0.25) is 5.91 Å². The molecular weight excluding hydrogens is 316 g/mol. The molecule has 0 bridgehead atoms. The highest BCUT2D eigenvalue weighted by atomic mass is 16.5. The number of morpholine rings is 1. The highest BCUT2D eigenvalue weighted by molar-refractivity contribution is 5.75. The van der Waals surface area contributed by atoms with Gasteiger partial charge in [0.05, 0.1) is 19.8 Å². The van der Waals surface area contributed by atoms with Gasteiger partial charge in [-0.15, -0.1) is 0 Å². The minimum atomic E-state index is -0.318. The van der Waals surface area contributed by atoms with Gasteiger partial charge in [-0.2, -0.15) is 0 Å². The molecule has 25 heavy (non-hydrogen) atoms. The van der Waals surface area contributed by atoms with Crippen LogP contribution in [0, 0.1) is 0 Å². The molecule has 0 aliphatic carbocycles. The zero-order valence-corrected chi connectivity index (χ0v) is 14.5. The predicted molar refractivity (Wildman–Crippen MR) is 98.2 cm³/mol. The number of anilines is 1. The Labute approximate surface area is 148 Å². The number of aromatic nitrogens is 1. The van der Waals surface area contributed by atoms with Crippen LogP contribution in [0.15, 0.2) is 42.6 Å². The first kappa shape index (κ1) is 17.4. The number of hydrogen-bond donors (Lipinski definition) is 1. The average molecular weight is 340 g/mol. The van der Waals surface area contributed by atoms with Crippen molar-refractivity contribution < 1.29 is 9.53 Å². The fourth-order valence-electron chi connectivity index (χ4n) is 3.02. The second-order valence-corrected chi connectivity index (χ2v) is 6.34. The van der Waals surface area contributed by atoms with Gasteiger partial charge in [-0.25, -0.2) is 4.98 Å². The van der Waals surface area contributed by atoms with Gasteiger partial charge in [-0.1, -0.05) is 18.2 Å². The van der Waals surface area contributed by atoms with E-state index in [1.54, 1.807) is 0 Å². The molecule has 1 aromatic carbocycles. The topological polar surface area (TPSA) is 71.7 Å². The number of nitrogens with zero attached hydrogens (tertiary/aromatic N) is 3. The Morgan fingerprint density at radius 1 is 1.24 bits per heavy atom. The number of rotatable bonds is 6. The van der Waals surface area contributed by atoms with Crippen molar-refractivity contribution in [3.05, 3.63) is 48.2 Å². The normalized spacial score (nSPS) is 14.7. The fourth-order valence-corrected chi connectivity index (χ4v) is 3.02. The Balaban J connectivity index is 1.71. The number of amides is 1. The molecule has 1 aromatic heterocycles. The van der Waals surface area contributed by atoms with Crippen LogP contribution in [0.4, 0.5) is 5.82 Å². The van der Waals surface area contributed by atoms with E-state index in [0.717, 1.165) is 48.8 Å². The molecule has 1 saturated heterocycles. The number of carbonyl (C=O) groups is 1. The SMILES string of the molecule is CN(CC(N)=O)Cc1cccc(-c2ccc(N3CCOCC3)nc2)c1. The number of nitrogens with two attached hydrogens (primary N) is 1. The molecule has 0 spiro atoms. The van der Waals surface area contributed by atoms with Crippen molar-refractivity contribution >= 4 is 11.7 Å². The molecule has 1 aliphatic rings. The molecule has 6 heteroatoms. The first-order chi connectivity index (χ1) is 12.1. The largest absolute Gasteiger partial charge is 0.378 e. The first-order valence-electron chi connectivity index (χ1n) is 8.47. The lowest BCUT2D eigenvalue weighted by Crippen LogP contribution is -2.36. The van der Waals surface area contributed by atoms with E-state index in [1.807, 2.05) is 24.2 Å². The lowest BCUT2D eigenvalue weighted by atomic mass is 10.0. The summed E-state index contributed by atoms with van der Waals surface area (Å²) in [7, 11) is 1.89. The molecule has 0 unspecified atom stereocenters. The lowest BCUT2D eigenvalue weighted by molar-refractivity contribution is -0.118. The summed E-state index contributed by atoms with van der Waals surface area (Å²) >= 11 is 0. The summed E-state index contributed by atoms with van der Waals surface area (Å²) in [4.78, 5) is 19.8. The molecule has 0 radical (unpaired) electrons. The monoisotopic (exact) mass is 340 g/mol. The van der Waals surface area contributed by atoms with Gasteiger partial charge in [0, 0.05) is 31.4 Å². The zero-order valence-electron chi connectivity index (χ0n) is 14.5. The van der Waals surface area contributed by atoms with E-state index in [1.165, 1.54) is 0 Å². The molecule has 1 aliphatic heterocycles. The number of pyridine rings is 1. The molecule has 2 aromatic rings. The van der Waals surface area contributed by atoms with Crippen molar-refractivity contribution in [2.24, 2.45) is 5.73 Å². The molecule has 1 amide bonds. The highest BCUT2D eigenvalue weighted by Crippen LogP contribution is 2.23. The summed E-state index contributed by atoms with van der Waals surface area (Å²) in [5, 5.41) is 0. The van der Waals surface area contributed by atoms with Gasteiger partial charge in [0.25, 0.3) is 0 Å². The maximum atomic E-state index is 11.0. The Kier molecular flexibility index (Phi) is 5.63. The number of carbonyl (C=O) groups excluding carboxylic acids is 1. The molecule has 2 heterocycles. The highest BCUT2D eigenvalue weighted by Gasteiger charge is 2.12. The number of benzene rings is 1. The predicted octanol–water partition coefficient (Wildman–Crippen LogP) is 1.50.